The molecule has 1 fully saturated rings. The largest absolute Gasteiger partial charge is 0.508 e. The topological polar surface area (TPSA) is 53.0 Å². The van der Waals surface area contributed by atoms with Crippen LogP contribution in [0.1, 0.15) is 15.9 Å². The third-order valence-corrected chi connectivity index (χ3v) is 5.19. The Hall–Kier alpha value is -3.54. The van der Waals surface area contributed by atoms with Crippen LogP contribution in [0.3, 0.4) is 0 Å². The van der Waals surface area contributed by atoms with E-state index in [0.717, 1.165) is 11.3 Å². The monoisotopic (exact) mass is 406 g/mol. The molecular formula is C24H23FN2O3. The molecule has 3 aromatic carbocycles. The van der Waals surface area contributed by atoms with Crippen molar-refractivity contribution in [3.05, 3.63) is 89.7 Å². The number of aromatic hydroxyl groups is 1. The summed E-state index contributed by atoms with van der Waals surface area (Å²) in [5.41, 5.74) is 2.30. The predicted molar refractivity (Wildman–Crippen MR) is 113 cm³/mol. The Kier molecular flexibility index (Phi) is 5.84. The molecule has 30 heavy (non-hydrogen) atoms. The van der Waals surface area contributed by atoms with Crippen molar-refractivity contribution in [1.82, 2.24) is 4.90 Å². The number of hydrogen-bond acceptors (Lipinski definition) is 4. The molecule has 4 rings (SSSR count). The van der Waals surface area contributed by atoms with Crippen molar-refractivity contribution in [3.63, 3.8) is 0 Å². The normalized spacial score (nSPS) is 13.9. The molecule has 0 bridgehead atoms. The van der Waals surface area contributed by atoms with Crippen molar-refractivity contribution in [2.45, 2.75) is 6.61 Å². The molecule has 5 nitrogen and oxygen atoms in total. The zero-order valence-electron chi connectivity index (χ0n) is 16.5. The van der Waals surface area contributed by atoms with Crippen LogP contribution < -0.4 is 9.64 Å². The third-order valence-electron chi connectivity index (χ3n) is 5.19. The smallest absolute Gasteiger partial charge is 0.257 e. The molecule has 3 aromatic rings. The molecule has 1 aliphatic rings. The number of phenolic OH excluding ortho intramolecular Hbond substituents is 1. The van der Waals surface area contributed by atoms with E-state index in [-0.39, 0.29) is 24.1 Å². The molecule has 1 aliphatic heterocycles. The first-order valence-electron chi connectivity index (χ1n) is 9.90. The molecule has 0 unspecified atom stereocenters. The minimum absolute atomic E-state index is 0.0692. The molecule has 1 heterocycles. The van der Waals surface area contributed by atoms with Gasteiger partial charge in [0.15, 0.2) is 0 Å². The average Bonchev–Trinajstić information content (AvgIpc) is 2.78. The van der Waals surface area contributed by atoms with Crippen LogP contribution in [0.25, 0.3) is 0 Å². The van der Waals surface area contributed by atoms with Gasteiger partial charge in [-0.15, -0.1) is 0 Å². The fraction of sp³-hybridized carbons (Fsp3) is 0.208. The van der Waals surface area contributed by atoms with E-state index in [4.69, 9.17) is 4.74 Å². The molecule has 0 spiro atoms. The zero-order chi connectivity index (χ0) is 20.9. The highest BCUT2D eigenvalue weighted by Gasteiger charge is 2.24. The van der Waals surface area contributed by atoms with Gasteiger partial charge in [0, 0.05) is 37.9 Å². The summed E-state index contributed by atoms with van der Waals surface area (Å²) in [4.78, 5) is 17.1. The fourth-order valence-electron chi connectivity index (χ4n) is 3.54. The second-order valence-electron chi connectivity index (χ2n) is 7.21. The highest BCUT2D eigenvalue weighted by Crippen LogP contribution is 2.24. The minimum atomic E-state index is -0.292. The molecule has 1 amide bonds. The minimum Gasteiger partial charge on any atom is -0.508 e. The van der Waals surface area contributed by atoms with Crippen molar-refractivity contribution in [2.75, 3.05) is 31.1 Å². The van der Waals surface area contributed by atoms with E-state index < -0.39 is 0 Å². The maximum atomic E-state index is 13.1. The van der Waals surface area contributed by atoms with Crippen molar-refractivity contribution >= 4 is 11.6 Å². The van der Waals surface area contributed by atoms with Crippen molar-refractivity contribution in [2.24, 2.45) is 0 Å². The molecule has 154 valence electrons. The van der Waals surface area contributed by atoms with Gasteiger partial charge in [0.25, 0.3) is 5.91 Å². The number of anilines is 1. The SMILES string of the molecule is O=C(c1ccccc1OCc1ccc(F)cc1)N1CCN(c2cccc(O)c2)CC1. The Bertz CT molecular complexity index is 1010. The van der Waals surface area contributed by atoms with E-state index in [1.54, 1.807) is 36.4 Å². The number of rotatable bonds is 5. The van der Waals surface area contributed by atoms with Crippen LogP contribution in [-0.2, 0) is 6.61 Å². The number of benzene rings is 3. The van der Waals surface area contributed by atoms with Gasteiger partial charge < -0.3 is 19.6 Å². The quantitative estimate of drug-likeness (QED) is 0.694. The number of piperazine rings is 1. The highest BCUT2D eigenvalue weighted by molar-refractivity contribution is 5.97. The number of carbonyl (C=O) groups excluding carboxylic acids is 1. The summed E-state index contributed by atoms with van der Waals surface area (Å²) in [6.07, 6.45) is 0. The molecule has 1 N–H and O–H groups in total. The van der Waals surface area contributed by atoms with Crippen molar-refractivity contribution in [1.29, 1.82) is 0 Å². The number of nitrogens with zero attached hydrogens (tertiary/aromatic N) is 2. The molecule has 0 saturated carbocycles. The first-order chi connectivity index (χ1) is 14.6. The van der Waals surface area contributed by atoms with Crippen molar-refractivity contribution in [3.8, 4) is 11.5 Å². The second kappa shape index (κ2) is 8.86. The standard InChI is InChI=1S/C24H23FN2O3/c25-19-10-8-18(9-11-19)17-30-23-7-2-1-6-22(23)24(29)27-14-12-26(13-15-27)20-4-3-5-21(28)16-20/h1-11,16,28H,12-15,17H2. The third kappa shape index (κ3) is 4.54. The summed E-state index contributed by atoms with van der Waals surface area (Å²) < 4.78 is 18.9. The lowest BCUT2D eigenvalue weighted by Crippen LogP contribution is -2.48. The molecule has 0 atom stereocenters. The van der Waals surface area contributed by atoms with Crippen LogP contribution >= 0.6 is 0 Å². The Balaban J connectivity index is 1.41. The maximum absolute atomic E-state index is 13.1. The van der Waals surface area contributed by atoms with E-state index in [9.17, 15) is 14.3 Å². The summed E-state index contributed by atoms with van der Waals surface area (Å²) in [6, 6.07) is 20.5. The highest BCUT2D eigenvalue weighted by atomic mass is 19.1. The van der Waals surface area contributed by atoms with Gasteiger partial charge >= 0.3 is 0 Å². The summed E-state index contributed by atoms with van der Waals surface area (Å²) in [5.74, 6) is 0.389. The number of hydrogen-bond donors (Lipinski definition) is 1. The fourth-order valence-corrected chi connectivity index (χ4v) is 3.54. The number of ether oxygens (including phenoxy) is 1. The summed E-state index contributed by atoms with van der Waals surface area (Å²) >= 11 is 0. The number of para-hydroxylation sites is 1. The van der Waals surface area contributed by atoms with Gasteiger partial charge in [-0.25, -0.2) is 4.39 Å². The summed E-state index contributed by atoms with van der Waals surface area (Å²) in [6.45, 7) is 2.80. The molecule has 0 aromatic heterocycles. The lowest BCUT2D eigenvalue weighted by Gasteiger charge is -2.36. The zero-order valence-corrected chi connectivity index (χ0v) is 16.5. The van der Waals surface area contributed by atoms with Crippen LogP contribution in [0.5, 0.6) is 11.5 Å². The number of phenols is 1. The van der Waals surface area contributed by atoms with Crippen LogP contribution in [0.2, 0.25) is 0 Å². The first kappa shape index (κ1) is 19.8. The van der Waals surface area contributed by atoms with Gasteiger partial charge in [-0.05, 0) is 42.0 Å². The Labute approximate surface area is 174 Å². The van der Waals surface area contributed by atoms with Gasteiger partial charge in [-0.1, -0.05) is 30.3 Å². The van der Waals surface area contributed by atoms with Gasteiger partial charge in [0.2, 0.25) is 0 Å². The van der Waals surface area contributed by atoms with Crippen molar-refractivity contribution < 1.29 is 19.0 Å². The van der Waals surface area contributed by atoms with E-state index in [1.165, 1.54) is 12.1 Å². The lowest BCUT2D eigenvalue weighted by molar-refractivity contribution is 0.0742. The van der Waals surface area contributed by atoms with Crippen LogP contribution in [-0.4, -0.2) is 42.1 Å². The van der Waals surface area contributed by atoms with Gasteiger partial charge in [0.05, 0.1) is 5.56 Å². The van der Waals surface area contributed by atoms with E-state index in [1.807, 2.05) is 29.2 Å². The van der Waals surface area contributed by atoms with Crippen LogP contribution in [0, 0.1) is 5.82 Å². The Morgan fingerprint density at radius 3 is 2.40 bits per heavy atom. The molecule has 0 aliphatic carbocycles. The molecule has 0 radical (unpaired) electrons. The van der Waals surface area contributed by atoms with Gasteiger partial charge in [-0.2, -0.15) is 0 Å². The van der Waals surface area contributed by atoms with Gasteiger partial charge in [-0.3, -0.25) is 4.79 Å². The average molecular weight is 406 g/mol. The Morgan fingerprint density at radius 1 is 0.933 bits per heavy atom. The number of carbonyl (C=O) groups is 1. The second-order valence-corrected chi connectivity index (χ2v) is 7.21. The van der Waals surface area contributed by atoms with Crippen LogP contribution in [0.4, 0.5) is 10.1 Å². The summed E-state index contributed by atoms with van der Waals surface area (Å²) in [7, 11) is 0. The molecule has 6 heteroatoms. The Morgan fingerprint density at radius 2 is 1.67 bits per heavy atom. The molecule has 1 saturated heterocycles. The molecular weight excluding hydrogens is 383 g/mol. The lowest BCUT2D eigenvalue weighted by atomic mass is 10.1. The van der Waals surface area contributed by atoms with Crippen LogP contribution in [0.15, 0.2) is 72.8 Å². The van der Waals surface area contributed by atoms with E-state index >= 15 is 0 Å². The predicted octanol–water partition coefficient (Wildman–Crippen LogP) is 4.07. The summed E-state index contributed by atoms with van der Waals surface area (Å²) in [5, 5.41) is 9.69. The number of halogens is 1. The van der Waals surface area contributed by atoms with E-state index in [2.05, 4.69) is 4.90 Å². The van der Waals surface area contributed by atoms with Gasteiger partial charge in [0.1, 0.15) is 23.9 Å². The number of amides is 1. The van der Waals surface area contributed by atoms with E-state index in [0.29, 0.717) is 37.5 Å². The first-order valence-corrected chi connectivity index (χ1v) is 9.90. The maximum Gasteiger partial charge on any atom is 0.257 e.